The summed E-state index contributed by atoms with van der Waals surface area (Å²) in [5.74, 6) is 0. The molecule has 0 aliphatic carbocycles. The summed E-state index contributed by atoms with van der Waals surface area (Å²) in [7, 11) is 0. The Morgan fingerprint density at radius 1 is 1.17 bits per heavy atom. The van der Waals surface area contributed by atoms with Gasteiger partial charge in [0.1, 0.15) is 0 Å². The van der Waals surface area contributed by atoms with Gasteiger partial charge >= 0.3 is 0 Å². The Labute approximate surface area is 137 Å². The van der Waals surface area contributed by atoms with Crippen molar-refractivity contribution in [3.8, 4) is 6.07 Å². The van der Waals surface area contributed by atoms with E-state index in [2.05, 4.69) is 44.0 Å². The van der Waals surface area contributed by atoms with E-state index in [1.165, 1.54) is 16.7 Å². The van der Waals surface area contributed by atoms with Crippen LogP contribution in [-0.4, -0.2) is 9.55 Å². The average molecular weight is 303 g/mol. The molecule has 0 aliphatic rings. The van der Waals surface area contributed by atoms with E-state index >= 15 is 0 Å². The van der Waals surface area contributed by atoms with Crippen molar-refractivity contribution in [1.29, 1.82) is 5.26 Å². The van der Waals surface area contributed by atoms with Gasteiger partial charge < -0.3 is 4.57 Å². The van der Waals surface area contributed by atoms with E-state index in [-0.39, 0.29) is 0 Å². The smallest absolute Gasteiger partial charge is 0.0991 e. The summed E-state index contributed by atoms with van der Waals surface area (Å²) in [6.45, 7) is 8.35. The van der Waals surface area contributed by atoms with Crippen molar-refractivity contribution in [1.82, 2.24) is 9.55 Å². The summed E-state index contributed by atoms with van der Waals surface area (Å²) < 4.78 is 1.99. The van der Waals surface area contributed by atoms with Crippen LogP contribution in [0.3, 0.4) is 0 Å². The minimum absolute atomic E-state index is 0.677. The highest BCUT2D eigenvalue weighted by Gasteiger charge is 2.08. The lowest BCUT2D eigenvalue weighted by atomic mass is 9.93. The Morgan fingerprint density at radius 2 is 1.87 bits per heavy atom. The van der Waals surface area contributed by atoms with E-state index < -0.39 is 0 Å². The van der Waals surface area contributed by atoms with E-state index in [1.54, 1.807) is 12.5 Å². The highest BCUT2D eigenvalue weighted by molar-refractivity contribution is 5.83. The van der Waals surface area contributed by atoms with E-state index in [4.69, 9.17) is 5.26 Å². The van der Waals surface area contributed by atoms with E-state index in [1.807, 2.05) is 42.0 Å². The van der Waals surface area contributed by atoms with Gasteiger partial charge in [-0.2, -0.15) is 5.26 Å². The molecule has 0 atom stereocenters. The fraction of sp³-hybridized carbons (Fsp3) is 0.200. The second kappa shape index (κ2) is 7.42. The maximum atomic E-state index is 8.95. The normalized spacial score (nSPS) is 12.0. The molecule has 0 radical (unpaired) electrons. The fourth-order valence-corrected chi connectivity index (χ4v) is 2.63. The van der Waals surface area contributed by atoms with E-state index in [0.717, 1.165) is 11.3 Å². The molecule has 1 aromatic carbocycles. The number of benzene rings is 1. The average Bonchev–Trinajstić information content (AvgIpc) is 3.07. The van der Waals surface area contributed by atoms with Crippen LogP contribution >= 0.6 is 0 Å². The molecular formula is C20H21N3. The number of hydrogen-bond acceptors (Lipinski definition) is 2. The molecule has 3 heteroatoms. The molecule has 1 heterocycles. The molecule has 0 N–H and O–H groups in total. The lowest BCUT2D eigenvalue weighted by molar-refractivity contribution is 1.09. The molecule has 1 aromatic heterocycles. The number of aromatic nitrogens is 2. The molecule has 0 aliphatic heterocycles. The van der Waals surface area contributed by atoms with Crippen LogP contribution < -0.4 is 0 Å². The molecule has 0 unspecified atom stereocenters. The van der Waals surface area contributed by atoms with Crippen LogP contribution in [0.15, 0.2) is 66.3 Å². The van der Waals surface area contributed by atoms with Crippen LogP contribution in [0.4, 0.5) is 0 Å². The Kier molecular flexibility index (Phi) is 5.32. The predicted octanol–water partition coefficient (Wildman–Crippen LogP) is 5.06. The predicted molar refractivity (Wildman–Crippen MR) is 95.4 cm³/mol. The molecular weight excluding hydrogens is 282 g/mol. The molecule has 0 saturated heterocycles. The molecule has 2 rings (SSSR count). The van der Waals surface area contributed by atoms with Crippen molar-refractivity contribution in [2.45, 2.75) is 27.7 Å². The van der Waals surface area contributed by atoms with Crippen LogP contribution in [0, 0.1) is 11.3 Å². The van der Waals surface area contributed by atoms with Gasteiger partial charge in [-0.05, 0) is 62.6 Å². The second-order valence-corrected chi connectivity index (χ2v) is 5.57. The molecule has 116 valence electrons. The minimum Gasteiger partial charge on any atom is -0.307 e. The molecule has 0 bridgehead atoms. The summed E-state index contributed by atoms with van der Waals surface area (Å²) in [6.07, 6.45) is 9.72. The van der Waals surface area contributed by atoms with Gasteiger partial charge in [-0.3, -0.25) is 0 Å². The molecule has 0 saturated carbocycles. The SMILES string of the molecule is C/C=C(\C=C(\C)C(=C(C)C)c1ccc(C#N)cc1)n1ccnc1. The van der Waals surface area contributed by atoms with E-state index in [0.29, 0.717) is 5.56 Å². The first-order valence-electron chi connectivity index (χ1n) is 7.58. The Balaban J connectivity index is 2.43. The van der Waals surface area contributed by atoms with Crippen LogP contribution in [0.2, 0.25) is 0 Å². The van der Waals surface area contributed by atoms with Crippen molar-refractivity contribution >= 4 is 11.3 Å². The molecule has 0 amide bonds. The van der Waals surface area contributed by atoms with Gasteiger partial charge in [0.25, 0.3) is 0 Å². The maximum absolute atomic E-state index is 8.95. The van der Waals surface area contributed by atoms with Crippen LogP contribution in [0.1, 0.15) is 38.8 Å². The first-order chi connectivity index (χ1) is 11.1. The zero-order valence-electron chi connectivity index (χ0n) is 14.0. The van der Waals surface area contributed by atoms with Crippen molar-refractivity contribution < 1.29 is 0 Å². The summed E-state index contributed by atoms with van der Waals surface area (Å²) >= 11 is 0. The van der Waals surface area contributed by atoms with Gasteiger partial charge in [-0.1, -0.05) is 23.8 Å². The van der Waals surface area contributed by atoms with Crippen LogP contribution in [-0.2, 0) is 0 Å². The number of nitrogens with zero attached hydrogens (tertiary/aromatic N) is 3. The van der Waals surface area contributed by atoms with Crippen molar-refractivity contribution in [2.75, 3.05) is 0 Å². The van der Waals surface area contributed by atoms with E-state index in [9.17, 15) is 0 Å². The third kappa shape index (κ3) is 3.87. The first kappa shape index (κ1) is 16.5. The number of hydrogen-bond donors (Lipinski definition) is 0. The van der Waals surface area contributed by atoms with Gasteiger partial charge in [0.15, 0.2) is 0 Å². The van der Waals surface area contributed by atoms with Gasteiger partial charge in [0.05, 0.1) is 18.0 Å². The topological polar surface area (TPSA) is 41.6 Å². The van der Waals surface area contributed by atoms with Gasteiger partial charge in [-0.15, -0.1) is 0 Å². The zero-order chi connectivity index (χ0) is 16.8. The molecule has 0 fully saturated rings. The third-order valence-electron chi connectivity index (χ3n) is 3.66. The summed E-state index contributed by atoms with van der Waals surface area (Å²) in [5.41, 5.74) is 6.50. The third-order valence-corrected chi connectivity index (χ3v) is 3.66. The zero-order valence-corrected chi connectivity index (χ0v) is 14.0. The fourth-order valence-electron chi connectivity index (χ4n) is 2.63. The maximum Gasteiger partial charge on any atom is 0.0991 e. The van der Waals surface area contributed by atoms with Gasteiger partial charge in [-0.25, -0.2) is 4.98 Å². The van der Waals surface area contributed by atoms with Crippen molar-refractivity contribution in [3.05, 3.63) is 77.4 Å². The highest BCUT2D eigenvalue weighted by Crippen LogP contribution is 2.28. The Morgan fingerprint density at radius 3 is 2.35 bits per heavy atom. The van der Waals surface area contributed by atoms with Crippen LogP contribution in [0.25, 0.3) is 11.3 Å². The highest BCUT2D eigenvalue weighted by atomic mass is 15.0. The Hall–Kier alpha value is -2.86. The lowest BCUT2D eigenvalue weighted by Gasteiger charge is -2.13. The summed E-state index contributed by atoms with van der Waals surface area (Å²) in [4.78, 5) is 4.11. The van der Waals surface area contributed by atoms with Gasteiger partial charge in [0, 0.05) is 18.1 Å². The number of imidazole rings is 1. The first-order valence-corrected chi connectivity index (χ1v) is 7.58. The summed E-state index contributed by atoms with van der Waals surface area (Å²) in [6, 6.07) is 9.89. The van der Waals surface area contributed by atoms with Crippen LogP contribution in [0.5, 0.6) is 0 Å². The number of allylic oxidation sites excluding steroid dienone is 6. The van der Waals surface area contributed by atoms with Gasteiger partial charge in [0.2, 0.25) is 0 Å². The largest absolute Gasteiger partial charge is 0.307 e. The van der Waals surface area contributed by atoms with Crippen molar-refractivity contribution in [2.24, 2.45) is 0 Å². The number of rotatable bonds is 4. The lowest BCUT2D eigenvalue weighted by Crippen LogP contribution is -1.95. The molecule has 2 aromatic rings. The standard InChI is InChI=1S/C20H21N3/c1-5-19(23-11-10-22-14-23)12-16(4)20(15(2)3)18-8-6-17(13-21)7-9-18/h5-12,14H,1-4H3/b16-12-,19-5+. The van der Waals surface area contributed by atoms with Crippen molar-refractivity contribution in [3.63, 3.8) is 0 Å². The Bertz CT molecular complexity index is 792. The monoisotopic (exact) mass is 303 g/mol. The minimum atomic E-state index is 0.677. The molecule has 23 heavy (non-hydrogen) atoms. The quantitative estimate of drug-likeness (QED) is 0.741. The summed E-state index contributed by atoms with van der Waals surface area (Å²) in [5, 5.41) is 8.95. The second-order valence-electron chi connectivity index (χ2n) is 5.57. The molecule has 3 nitrogen and oxygen atoms in total. The molecule has 0 spiro atoms. The number of nitriles is 1.